The summed E-state index contributed by atoms with van der Waals surface area (Å²) in [5.41, 5.74) is 2.61. The Bertz CT molecular complexity index is 2320. The summed E-state index contributed by atoms with van der Waals surface area (Å²) in [7, 11) is 4.09. The molecule has 2 N–H and O–H groups in total. The number of halogens is 2. The molecule has 2 aliphatic heterocycles. The molecule has 3 aromatic carbocycles. The minimum atomic E-state index is -1.06. The molecule has 0 spiro atoms. The van der Waals surface area contributed by atoms with E-state index in [1.807, 2.05) is 54.5 Å². The van der Waals surface area contributed by atoms with Crippen LogP contribution in [0, 0.1) is 17.8 Å². The lowest BCUT2D eigenvalue weighted by Gasteiger charge is -2.45. The smallest absolute Gasteiger partial charge is 0.226 e. The number of hydrogen-bond donors (Lipinski definition) is 2. The Morgan fingerprint density at radius 2 is 1.66 bits per heavy atom. The highest BCUT2D eigenvalue weighted by Crippen LogP contribution is 2.39. The highest BCUT2D eigenvalue weighted by molar-refractivity contribution is 6.31. The molecular formula is C50H62Cl2N6O6. The first kappa shape index (κ1) is 47.2. The average Bonchev–Trinajstić information content (AvgIpc) is 4.01. The van der Waals surface area contributed by atoms with E-state index in [4.69, 9.17) is 32.9 Å². The molecule has 14 heteroatoms. The van der Waals surface area contributed by atoms with E-state index in [2.05, 4.69) is 42.6 Å². The summed E-state index contributed by atoms with van der Waals surface area (Å²) in [4.78, 5) is 68.1. The molecule has 7 rings (SSSR count). The first-order chi connectivity index (χ1) is 30.4. The van der Waals surface area contributed by atoms with Crippen LogP contribution in [0.3, 0.4) is 0 Å². The van der Waals surface area contributed by atoms with Gasteiger partial charge in [-0.1, -0.05) is 54.2 Å². The zero-order chi connectivity index (χ0) is 45.9. The molecule has 64 heavy (non-hydrogen) atoms. The molecule has 1 saturated carbocycles. The van der Waals surface area contributed by atoms with Crippen molar-refractivity contribution in [2.24, 2.45) is 24.8 Å². The topological polar surface area (TPSA) is 137 Å². The third kappa shape index (κ3) is 11.4. The summed E-state index contributed by atoms with van der Waals surface area (Å²) in [5, 5.41) is 14.8. The summed E-state index contributed by atoms with van der Waals surface area (Å²) >= 11 is 12.8. The zero-order valence-corrected chi connectivity index (χ0v) is 39.4. The van der Waals surface area contributed by atoms with E-state index in [-0.39, 0.29) is 49.1 Å². The van der Waals surface area contributed by atoms with Crippen molar-refractivity contribution in [2.45, 2.75) is 109 Å². The molecule has 4 aromatic rings. The van der Waals surface area contributed by atoms with E-state index in [1.54, 1.807) is 37.3 Å². The highest BCUT2D eigenvalue weighted by Gasteiger charge is 2.44. The van der Waals surface area contributed by atoms with Gasteiger partial charge < -0.3 is 29.5 Å². The monoisotopic (exact) mass is 912 g/mol. The van der Waals surface area contributed by atoms with Crippen LogP contribution >= 0.6 is 23.2 Å². The number of carbonyl (C=O) groups excluding carboxylic acids is 4. The van der Waals surface area contributed by atoms with Crippen LogP contribution in [0.1, 0.15) is 89.6 Å². The second-order valence-electron chi connectivity index (χ2n) is 19.3. The van der Waals surface area contributed by atoms with Crippen molar-refractivity contribution in [3.63, 3.8) is 0 Å². The third-order valence-electron chi connectivity index (χ3n) is 13.5. The number of nitrogens with zero attached hydrogens (tertiary/aromatic N) is 5. The normalized spacial score (nSPS) is 22.8. The fraction of sp³-hybridized carbons (Fsp3) is 0.500. The van der Waals surface area contributed by atoms with Crippen LogP contribution in [0.2, 0.25) is 10.0 Å². The number of ketones is 1. The number of amides is 3. The van der Waals surface area contributed by atoms with Gasteiger partial charge in [-0.3, -0.25) is 24.1 Å². The Morgan fingerprint density at radius 3 is 2.33 bits per heavy atom. The molecule has 3 aliphatic rings. The van der Waals surface area contributed by atoms with E-state index in [0.717, 1.165) is 35.5 Å². The Balaban J connectivity index is 1.15. The van der Waals surface area contributed by atoms with E-state index in [0.29, 0.717) is 71.8 Å². The molecule has 0 unspecified atom stereocenters. The summed E-state index contributed by atoms with van der Waals surface area (Å²) in [5.74, 6) is -0.737. The second-order valence-corrected chi connectivity index (χ2v) is 20.2. The minimum absolute atomic E-state index is 0.00569. The van der Waals surface area contributed by atoms with Crippen molar-refractivity contribution in [2.75, 3.05) is 26.7 Å². The maximum atomic E-state index is 14.8. The summed E-state index contributed by atoms with van der Waals surface area (Å²) < 4.78 is 8.57. The summed E-state index contributed by atoms with van der Waals surface area (Å²) in [6.45, 7) is 9.01. The van der Waals surface area contributed by atoms with Crippen LogP contribution in [0.5, 0.6) is 11.5 Å². The van der Waals surface area contributed by atoms with Gasteiger partial charge in [-0.2, -0.15) is 0 Å². The predicted molar refractivity (Wildman–Crippen MR) is 249 cm³/mol. The van der Waals surface area contributed by atoms with E-state index in [9.17, 15) is 24.3 Å². The second kappa shape index (κ2) is 19.8. The molecule has 342 valence electrons. The van der Waals surface area contributed by atoms with E-state index in [1.165, 1.54) is 4.90 Å². The lowest BCUT2D eigenvalue weighted by molar-refractivity contribution is -0.148. The molecule has 12 nitrogen and oxygen atoms in total. The number of carbonyl (C=O) groups is 4. The van der Waals surface area contributed by atoms with E-state index >= 15 is 0 Å². The van der Waals surface area contributed by atoms with Gasteiger partial charge in [0.15, 0.2) is 5.78 Å². The number of ether oxygens (including phenoxy) is 1. The van der Waals surface area contributed by atoms with Crippen molar-refractivity contribution in [1.29, 1.82) is 0 Å². The standard InChI is InChI=1S/C50H62Cl2N6O6/c1-32-43(60)23-38(30-59)47(62)54-50(26-34-10-15-39(51)16-11-34)20-7-21-57(31-50)48(63)37(22-33-8-9-33)24-46(61)58(32)28-36-12-17-40(52)25-44(36)64-41-18-13-35(14-19-41)42-27-53-45(56(42)6)29-55(5)49(2,3)4/h10-19,25,27,32-33,37-38,59H,7-9,20-24,26,28-31H2,1-6H3,(H,54,62)/t32-,37+,38-,50+/m0/s1. The van der Waals surface area contributed by atoms with Gasteiger partial charge in [0.1, 0.15) is 17.3 Å². The third-order valence-corrected chi connectivity index (χ3v) is 14.0. The Morgan fingerprint density at radius 1 is 0.953 bits per heavy atom. The van der Waals surface area contributed by atoms with Gasteiger partial charge in [-0.05, 0) is 120 Å². The van der Waals surface area contributed by atoms with Crippen LogP contribution in [0.25, 0.3) is 11.3 Å². The molecule has 3 amide bonds. The predicted octanol–water partition coefficient (Wildman–Crippen LogP) is 8.24. The lowest BCUT2D eigenvalue weighted by atomic mass is 9.81. The fourth-order valence-corrected chi connectivity index (χ4v) is 9.21. The Kier molecular flexibility index (Phi) is 14.6. The molecular weight excluding hydrogens is 851 g/mol. The average molecular weight is 914 g/mol. The van der Waals surface area contributed by atoms with Gasteiger partial charge in [0.25, 0.3) is 0 Å². The molecule has 4 atom stereocenters. The highest BCUT2D eigenvalue weighted by atomic mass is 35.5. The Labute approximate surface area is 387 Å². The SMILES string of the molecule is C[C@H]1C(=O)C[C@@H](CO)C(=O)N[C@@]2(Cc3ccc(Cl)cc3)CCCN(C2)C(=O)[C@H](CC2CC2)CC(=O)N1Cc1ccc(Cl)cc1Oc1ccc(-c2cnc(CN(C)C(C)(C)C)n2C)cc1. The van der Waals surface area contributed by atoms with Gasteiger partial charge in [0, 0.05) is 65.6 Å². The number of hydrogen-bond acceptors (Lipinski definition) is 8. The first-order valence-corrected chi connectivity index (χ1v) is 23.2. The number of aromatic nitrogens is 2. The van der Waals surface area contributed by atoms with Crippen LogP contribution in [-0.2, 0) is 45.7 Å². The number of imidazole rings is 1. The molecule has 2 bridgehead atoms. The maximum Gasteiger partial charge on any atom is 0.226 e. The number of aliphatic hydroxyl groups is 1. The van der Waals surface area contributed by atoms with Crippen LogP contribution < -0.4 is 10.1 Å². The largest absolute Gasteiger partial charge is 0.457 e. The first-order valence-electron chi connectivity index (χ1n) is 22.5. The van der Waals surface area contributed by atoms with Crippen molar-refractivity contribution in [3.8, 4) is 22.8 Å². The number of nitrogens with one attached hydrogen (secondary N) is 1. The van der Waals surface area contributed by atoms with Crippen LogP contribution in [-0.4, -0.2) is 96.7 Å². The van der Waals surface area contributed by atoms with Crippen molar-refractivity contribution >= 4 is 46.7 Å². The maximum absolute atomic E-state index is 14.8. The van der Waals surface area contributed by atoms with Gasteiger partial charge in [0.2, 0.25) is 17.7 Å². The van der Waals surface area contributed by atoms with Crippen LogP contribution in [0.15, 0.2) is 72.9 Å². The zero-order valence-electron chi connectivity index (χ0n) is 37.9. The molecule has 1 aromatic heterocycles. The minimum Gasteiger partial charge on any atom is -0.457 e. The number of aliphatic hydroxyl groups excluding tert-OH is 1. The molecule has 1 aliphatic carbocycles. The van der Waals surface area contributed by atoms with Gasteiger partial charge in [-0.25, -0.2) is 4.98 Å². The van der Waals surface area contributed by atoms with Crippen molar-refractivity contribution in [1.82, 2.24) is 29.6 Å². The molecule has 3 fully saturated rings. The molecule has 0 radical (unpaired) electrons. The summed E-state index contributed by atoms with van der Waals surface area (Å²) in [6.07, 6.45) is 5.76. The van der Waals surface area contributed by atoms with Crippen LogP contribution in [0.4, 0.5) is 0 Å². The fourth-order valence-electron chi connectivity index (χ4n) is 8.92. The van der Waals surface area contributed by atoms with Gasteiger partial charge >= 0.3 is 0 Å². The quantitative estimate of drug-likeness (QED) is 0.145. The number of fused-ring (bicyclic) bond motifs is 2. The number of rotatable bonds is 12. The van der Waals surface area contributed by atoms with Crippen molar-refractivity contribution < 1.29 is 29.0 Å². The van der Waals surface area contributed by atoms with E-state index < -0.39 is 35.9 Å². The molecule has 3 heterocycles. The van der Waals surface area contributed by atoms with Gasteiger partial charge in [-0.15, -0.1) is 0 Å². The number of piperidine rings is 1. The Hall–Kier alpha value is -4.75. The van der Waals surface area contributed by atoms with Crippen molar-refractivity contribution in [3.05, 3.63) is 99.9 Å². The van der Waals surface area contributed by atoms with Gasteiger partial charge in [0.05, 0.1) is 49.1 Å². The molecule has 2 saturated heterocycles. The number of benzene rings is 3. The number of Topliss-reactive ketones (excluding diaryl/α,β-unsaturated/α-hetero) is 1. The lowest BCUT2D eigenvalue weighted by Crippen LogP contribution is -2.63. The summed E-state index contributed by atoms with van der Waals surface area (Å²) in [6, 6.07) is 19.3.